The fraction of sp³-hybridized carbons (Fsp3) is 0. The number of rotatable bonds is 3. The summed E-state index contributed by atoms with van der Waals surface area (Å²) >= 11 is 1.66. The van der Waals surface area contributed by atoms with Crippen molar-refractivity contribution in [3.05, 3.63) is 54.4 Å². The highest BCUT2D eigenvalue weighted by Crippen LogP contribution is 2.24. The van der Waals surface area contributed by atoms with Crippen molar-refractivity contribution in [3.63, 3.8) is 0 Å². The summed E-state index contributed by atoms with van der Waals surface area (Å²) in [5, 5.41) is 2.02. The molecule has 0 N–H and O–H groups in total. The first-order valence-corrected chi connectivity index (χ1v) is 6.23. The van der Waals surface area contributed by atoms with Crippen LogP contribution in [0.3, 0.4) is 0 Å². The highest BCUT2D eigenvalue weighted by molar-refractivity contribution is 7.13. The Labute approximate surface area is 108 Å². The number of hydrogen-bond acceptors (Lipinski definition) is 5. The summed E-state index contributed by atoms with van der Waals surface area (Å²) in [6, 6.07) is 7.97. The monoisotopic (exact) mass is 255 g/mol. The van der Waals surface area contributed by atoms with Gasteiger partial charge in [-0.05, 0) is 23.6 Å². The molecule has 3 heterocycles. The predicted molar refractivity (Wildman–Crippen MR) is 69.7 cm³/mol. The normalized spacial score (nSPS) is 10.2. The maximum atomic E-state index is 5.47. The van der Waals surface area contributed by atoms with E-state index >= 15 is 0 Å². The summed E-state index contributed by atoms with van der Waals surface area (Å²) in [5.74, 6) is 0.626. The Balaban J connectivity index is 1.80. The summed E-state index contributed by atoms with van der Waals surface area (Å²) in [6.45, 7) is 0. The van der Waals surface area contributed by atoms with Gasteiger partial charge in [-0.15, -0.1) is 11.3 Å². The van der Waals surface area contributed by atoms with Crippen LogP contribution < -0.4 is 4.74 Å². The molecular formula is C13H9N3OS. The average Bonchev–Trinajstić information content (AvgIpc) is 2.95. The van der Waals surface area contributed by atoms with E-state index in [1.165, 1.54) is 0 Å². The summed E-state index contributed by atoms with van der Waals surface area (Å²) in [7, 11) is 0. The third-order valence-electron chi connectivity index (χ3n) is 2.28. The molecule has 0 aliphatic carbocycles. The summed E-state index contributed by atoms with van der Waals surface area (Å²) in [5.41, 5.74) is 0.989. The number of nitrogens with zero attached hydrogens (tertiary/aromatic N) is 3. The maximum absolute atomic E-state index is 5.47. The average molecular weight is 255 g/mol. The number of thiophene rings is 1. The van der Waals surface area contributed by atoms with Crippen molar-refractivity contribution in [2.45, 2.75) is 0 Å². The van der Waals surface area contributed by atoms with Gasteiger partial charge >= 0.3 is 6.01 Å². The molecule has 0 saturated carbocycles. The maximum Gasteiger partial charge on any atom is 0.321 e. The second kappa shape index (κ2) is 4.93. The molecule has 0 amide bonds. The van der Waals surface area contributed by atoms with Crippen molar-refractivity contribution < 1.29 is 4.74 Å². The fourth-order valence-corrected chi connectivity index (χ4v) is 2.15. The SMILES string of the molecule is c1cncc(Oc2ncc(-c3cccs3)cn2)c1. The molecule has 0 aliphatic rings. The lowest BCUT2D eigenvalue weighted by molar-refractivity contribution is 0.440. The van der Waals surface area contributed by atoms with Gasteiger partial charge < -0.3 is 4.74 Å². The second-order valence-corrected chi connectivity index (χ2v) is 4.47. The van der Waals surface area contributed by atoms with Crippen LogP contribution >= 0.6 is 11.3 Å². The molecular weight excluding hydrogens is 246 g/mol. The Morgan fingerprint density at radius 3 is 2.56 bits per heavy atom. The first-order chi connectivity index (χ1) is 8.92. The second-order valence-electron chi connectivity index (χ2n) is 3.52. The Morgan fingerprint density at radius 1 is 1.00 bits per heavy atom. The lowest BCUT2D eigenvalue weighted by Crippen LogP contribution is -1.91. The highest BCUT2D eigenvalue weighted by Gasteiger charge is 2.03. The molecule has 88 valence electrons. The molecule has 0 unspecified atom stereocenters. The van der Waals surface area contributed by atoms with E-state index in [0.717, 1.165) is 10.4 Å². The van der Waals surface area contributed by atoms with Crippen LogP contribution in [-0.2, 0) is 0 Å². The van der Waals surface area contributed by atoms with Crippen molar-refractivity contribution in [1.29, 1.82) is 0 Å². The van der Waals surface area contributed by atoms with Gasteiger partial charge in [0.25, 0.3) is 0 Å². The topological polar surface area (TPSA) is 47.9 Å². The molecule has 0 fully saturated rings. The molecule has 4 nitrogen and oxygen atoms in total. The Hall–Kier alpha value is -2.27. The molecule has 0 saturated heterocycles. The molecule has 0 aliphatic heterocycles. The third-order valence-corrected chi connectivity index (χ3v) is 3.20. The van der Waals surface area contributed by atoms with Crippen LogP contribution in [0.1, 0.15) is 0 Å². The highest BCUT2D eigenvalue weighted by atomic mass is 32.1. The van der Waals surface area contributed by atoms with E-state index in [-0.39, 0.29) is 0 Å². The zero-order valence-electron chi connectivity index (χ0n) is 9.35. The minimum absolute atomic E-state index is 0.323. The van der Waals surface area contributed by atoms with E-state index in [2.05, 4.69) is 15.0 Å². The Morgan fingerprint density at radius 2 is 1.89 bits per heavy atom. The number of hydrogen-bond donors (Lipinski definition) is 0. The fourth-order valence-electron chi connectivity index (χ4n) is 1.45. The van der Waals surface area contributed by atoms with Crippen LogP contribution in [-0.4, -0.2) is 15.0 Å². The summed E-state index contributed by atoms with van der Waals surface area (Å²) in [6.07, 6.45) is 6.82. The molecule has 5 heteroatoms. The molecule has 0 atom stereocenters. The molecule has 3 aromatic rings. The van der Waals surface area contributed by atoms with Gasteiger partial charge in [0.05, 0.1) is 6.20 Å². The van der Waals surface area contributed by atoms with Crippen LogP contribution in [0.15, 0.2) is 54.4 Å². The molecule has 0 radical (unpaired) electrons. The van der Waals surface area contributed by atoms with Gasteiger partial charge in [0.15, 0.2) is 0 Å². The molecule has 3 aromatic heterocycles. The van der Waals surface area contributed by atoms with Gasteiger partial charge in [0, 0.05) is 29.0 Å². The standard InChI is InChI=1S/C13H9N3OS/c1-3-11(9-14-5-1)17-13-15-7-10(8-16-13)12-4-2-6-18-12/h1-9H. The number of ether oxygens (including phenoxy) is 1. The van der Waals surface area contributed by atoms with Gasteiger partial charge in [-0.3, -0.25) is 4.98 Å². The zero-order chi connectivity index (χ0) is 12.2. The van der Waals surface area contributed by atoms with Gasteiger partial charge in [0.1, 0.15) is 5.75 Å². The summed E-state index contributed by atoms with van der Waals surface area (Å²) < 4.78 is 5.47. The zero-order valence-corrected chi connectivity index (χ0v) is 10.2. The minimum Gasteiger partial charge on any atom is -0.423 e. The third kappa shape index (κ3) is 2.36. The van der Waals surface area contributed by atoms with E-state index in [1.807, 2.05) is 23.6 Å². The Bertz CT molecular complexity index is 609. The smallest absolute Gasteiger partial charge is 0.321 e. The van der Waals surface area contributed by atoms with Crippen LogP contribution in [0.5, 0.6) is 11.8 Å². The Kier molecular flexibility index (Phi) is 2.97. The van der Waals surface area contributed by atoms with Crippen molar-refractivity contribution in [2.75, 3.05) is 0 Å². The van der Waals surface area contributed by atoms with E-state index in [4.69, 9.17) is 4.74 Å². The van der Waals surface area contributed by atoms with E-state index < -0.39 is 0 Å². The van der Waals surface area contributed by atoms with Crippen molar-refractivity contribution in [2.24, 2.45) is 0 Å². The van der Waals surface area contributed by atoms with Gasteiger partial charge in [-0.2, -0.15) is 0 Å². The molecule has 3 rings (SSSR count). The van der Waals surface area contributed by atoms with Crippen molar-refractivity contribution >= 4 is 11.3 Å². The van der Waals surface area contributed by atoms with Crippen molar-refractivity contribution in [1.82, 2.24) is 15.0 Å². The van der Waals surface area contributed by atoms with Crippen LogP contribution in [0.25, 0.3) is 10.4 Å². The molecule has 0 bridgehead atoms. The van der Waals surface area contributed by atoms with E-state index in [1.54, 1.807) is 42.2 Å². The minimum atomic E-state index is 0.323. The molecule has 0 spiro atoms. The van der Waals surface area contributed by atoms with Crippen molar-refractivity contribution in [3.8, 4) is 22.2 Å². The van der Waals surface area contributed by atoms with Gasteiger partial charge in [-0.25, -0.2) is 9.97 Å². The quantitative estimate of drug-likeness (QED) is 0.719. The first kappa shape index (κ1) is 10.9. The largest absolute Gasteiger partial charge is 0.423 e. The number of pyridine rings is 1. The van der Waals surface area contributed by atoms with Gasteiger partial charge in [-0.1, -0.05) is 6.07 Å². The van der Waals surface area contributed by atoms with E-state index in [0.29, 0.717) is 11.8 Å². The van der Waals surface area contributed by atoms with Crippen LogP contribution in [0.4, 0.5) is 0 Å². The predicted octanol–water partition coefficient (Wildman–Crippen LogP) is 3.39. The van der Waals surface area contributed by atoms with E-state index in [9.17, 15) is 0 Å². The van der Waals surface area contributed by atoms with Crippen LogP contribution in [0, 0.1) is 0 Å². The first-order valence-electron chi connectivity index (χ1n) is 5.35. The van der Waals surface area contributed by atoms with Gasteiger partial charge in [0.2, 0.25) is 0 Å². The number of aromatic nitrogens is 3. The lowest BCUT2D eigenvalue weighted by atomic mass is 10.3. The van der Waals surface area contributed by atoms with Crippen LogP contribution in [0.2, 0.25) is 0 Å². The summed E-state index contributed by atoms with van der Waals surface area (Å²) in [4.78, 5) is 13.5. The molecule has 18 heavy (non-hydrogen) atoms. The lowest BCUT2D eigenvalue weighted by Gasteiger charge is -2.02. The molecule has 0 aromatic carbocycles.